The lowest BCUT2D eigenvalue weighted by Gasteiger charge is -2.16. The molecule has 0 bridgehead atoms. The van der Waals surface area contributed by atoms with E-state index < -0.39 is 0 Å². The first-order valence-corrected chi connectivity index (χ1v) is 6.48. The van der Waals surface area contributed by atoms with Crippen LogP contribution in [0.4, 0.5) is 0 Å². The van der Waals surface area contributed by atoms with Gasteiger partial charge in [0.25, 0.3) is 0 Å². The largest absolute Gasteiger partial charge is 0.323 e. The van der Waals surface area contributed by atoms with Crippen molar-refractivity contribution in [3.05, 3.63) is 21.9 Å². The average molecular weight is 225 g/mol. The number of hydrogen-bond acceptors (Lipinski definition) is 2. The topological polar surface area (TPSA) is 26.0 Å². The molecule has 0 saturated heterocycles. The summed E-state index contributed by atoms with van der Waals surface area (Å²) in [5, 5.41) is 0. The minimum absolute atomic E-state index is 0.214. The molecule has 1 aromatic heterocycles. The van der Waals surface area contributed by atoms with E-state index in [-0.39, 0.29) is 11.5 Å². The molecule has 15 heavy (non-hydrogen) atoms. The van der Waals surface area contributed by atoms with Gasteiger partial charge in [0.2, 0.25) is 0 Å². The standard InChI is InChI=1S/C13H23NS/c1-9(2)8-10(14)11-6-7-12(15-11)13(3,4)5/h6-7,9-10H,8,14H2,1-5H3. The number of nitrogens with two attached hydrogens (primary N) is 1. The number of thiophene rings is 1. The van der Waals surface area contributed by atoms with Gasteiger partial charge in [-0.25, -0.2) is 0 Å². The molecular weight excluding hydrogens is 202 g/mol. The normalized spacial score (nSPS) is 14.6. The molecule has 0 spiro atoms. The molecule has 0 fully saturated rings. The summed E-state index contributed by atoms with van der Waals surface area (Å²) >= 11 is 1.86. The van der Waals surface area contributed by atoms with E-state index in [0.29, 0.717) is 5.92 Å². The van der Waals surface area contributed by atoms with E-state index in [1.54, 1.807) is 0 Å². The van der Waals surface area contributed by atoms with Crippen LogP contribution in [0.15, 0.2) is 12.1 Å². The number of hydrogen-bond donors (Lipinski definition) is 1. The van der Waals surface area contributed by atoms with Gasteiger partial charge >= 0.3 is 0 Å². The van der Waals surface area contributed by atoms with Crippen LogP contribution in [0, 0.1) is 5.92 Å². The third-order valence-corrected chi connectivity index (χ3v) is 4.10. The Hall–Kier alpha value is -0.340. The maximum Gasteiger partial charge on any atom is 0.0392 e. The molecule has 0 amide bonds. The van der Waals surface area contributed by atoms with Gasteiger partial charge in [0.1, 0.15) is 0 Å². The Morgan fingerprint density at radius 3 is 2.27 bits per heavy atom. The molecule has 0 aliphatic rings. The smallest absolute Gasteiger partial charge is 0.0392 e. The summed E-state index contributed by atoms with van der Waals surface area (Å²) in [6.07, 6.45) is 1.07. The fourth-order valence-electron chi connectivity index (χ4n) is 1.58. The van der Waals surface area contributed by atoms with Crippen LogP contribution in [0.3, 0.4) is 0 Å². The quantitative estimate of drug-likeness (QED) is 0.823. The molecule has 1 rings (SSSR count). The number of rotatable bonds is 3. The fraction of sp³-hybridized carbons (Fsp3) is 0.692. The highest BCUT2D eigenvalue weighted by Gasteiger charge is 2.18. The zero-order chi connectivity index (χ0) is 11.6. The Morgan fingerprint density at radius 2 is 1.87 bits per heavy atom. The second-order valence-electron chi connectivity index (χ2n) is 5.69. The van der Waals surface area contributed by atoms with Crippen LogP contribution in [0.2, 0.25) is 0 Å². The predicted molar refractivity (Wildman–Crippen MR) is 69.4 cm³/mol. The fourth-order valence-corrected chi connectivity index (χ4v) is 2.66. The lowest BCUT2D eigenvalue weighted by Crippen LogP contribution is -2.11. The Labute approximate surface area is 97.7 Å². The predicted octanol–water partition coefficient (Wildman–Crippen LogP) is 4.09. The molecule has 2 N–H and O–H groups in total. The van der Waals surface area contributed by atoms with Crippen molar-refractivity contribution < 1.29 is 0 Å². The molecule has 1 aromatic rings. The van der Waals surface area contributed by atoms with Gasteiger partial charge in [0.15, 0.2) is 0 Å². The minimum Gasteiger partial charge on any atom is -0.323 e. The minimum atomic E-state index is 0.214. The van der Waals surface area contributed by atoms with Gasteiger partial charge in [0.05, 0.1) is 0 Å². The van der Waals surface area contributed by atoms with Crippen molar-refractivity contribution in [2.45, 2.75) is 52.5 Å². The van der Waals surface area contributed by atoms with Gasteiger partial charge in [-0.15, -0.1) is 11.3 Å². The summed E-state index contributed by atoms with van der Waals surface area (Å²) in [4.78, 5) is 2.75. The van der Waals surface area contributed by atoms with Gasteiger partial charge in [-0.3, -0.25) is 0 Å². The summed E-state index contributed by atoms with van der Waals surface area (Å²) in [7, 11) is 0. The third kappa shape index (κ3) is 3.62. The van der Waals surface area contributed by atoms with Crippen molar-refractivity contribution in [2.75, 3.05) is 0 Å². The zero-order valence-electron chi connectivity index (χ0n) is 10.5. The van der Waals surface area contributed by atoms with Gasteiger partial charge in [-0.05, 0) is 29.9 Å². The molecule has 0 aliphatic heterocycles. The Balaban J connectivity index is 2.76. The van der Waals surface area contributed by atoms with Crippen LogP contribution in [0.5, 0.6) is 0 Å². The molecule has 1 heterocycles. The van der Waals surface area contributed by atoms with Gasteiger partial charge in [-0.1, -0.05) is 34.6 Å². The van der Waals surface area contributed by atoms with Gasteiger partial charge < -0.3 is 5.73 Å². The van der Waals surface area contributed by atoms with Crippen LogP contribution in [-0.2, 0) is 5.41 Å². The molecule has 1 unspecified atom stereocenters. The molecule has 0 aliphatic carbocycles. The van der Waals surface area contributed by atoms with E-state index in [4.69, 9.17) is 5.73 Å². The highest BCUT2D eigenvalue weighted by Crippen LogP contribution is 2.33. The first-order chi connectivity index (χ1) is 6.80. The van der Waals surface area contributed by atoms with E-state index in [0.717, 1.165) is 6.42 Å². The molecule has 1 nitrogen and oxygen atoms in total. The monoisotopic (exact) mass is 225 g/mol. The van der Waals surface area contributed by atoms with E-state index in [1.165, 1.54) is 9.75 Å². The summed E-state index contributed by atoms with van der Waals surface area (Å²) in [6.45, 7) is 11.2. The summed E-state index contributed by atoms with van der Waals surface area (Å²) in [5.74, 6) is 0.667. The highest BCUT2D eigenvalue weighted by molar-refractivity contribution is 7.12. The molecule has 0 saturated carbocycles. The van der Waals surface area contributed by atoms with Crippen molar-refractivity contribution in [1.82, 2.24) is 0 Å². The first-order valence-electron chi connectivity index (χ1n) is 5.66. The van der Waals surface area contributed by atoms with E-state index >= 15 is 0 Å². The van der Waals surface area contributed by atoms with Crippen LogP contribution < -0.4 is 5.73 Å². The van der Waals surface area contributed by atoms with Crippen LogP contribution in [0.25, 0.3) is 0 Å². The third-order valence-electron chi connectivity index (χ3n) is 2.46. The zero-order valence-corrected chi connectivity index (χ0v) is 11.3. The first kappa shape index (κ1) is 12.7. The average Bonchev–Trinajstić information content (AvgIpc) is 2.48. The van der Waals surface area contributed by atoms with Crippen LogP contribution in [0.1, 0.15) is 56.8 Å². The lowest BCUT2D eigenvalue weighted by atomic mass is 9.95. The summed E-state index contributed by atoms with van der Waals surface area (Å²) in [6, 6.07) is 4.63. The van der Waals surface area contributed by atoms with Gasteiger partial charge in [-0.2, -0.15) is 0 Å². The van der Waals surface area contributed by atoms with Gasteiger partial charge in [0, 0.05) is 15.8 Å². The highest BCUT2D eigenvalue weighted by atomic mass is 32.1. The maximum atomic E-state index is 6.16. The molecule has 2 heteroatoms. The van der Waals surface area contributed by atoms with Crippen molar-refractivity contribution in [1.29, 1.82) is 0 Å². The van der Waals surface area contributed by atoms with Crippen molar-refractivity contribution in [3.8, 4) is 0 Å². The van der Waals surface area contributed by atoms with Crippen LogP contribution >= 0.6 is 11.3 Å². The van der Waals surface area contributed by atoms with E-state index in [1.807, 2.05) is 11.3 Å². The second kappa shape index (κ2) is 4.67. The van der Waals surface area contributed by atoms with Crippen molar-refractivity contribution in [3.63, 3.8) is 0 Å². The van der Waals surface area contributed by atoms with Crippen molar-refractivity contribution in [2.24, 2.45) is 11.7 Å². The Bertz CT molecular complexity index is 307. The van der Waals surface area contributed by atoms with Crippen molar-refractivity contribution >= 4 is 11.3 Å². The van der Waals surface area contributed by atoms with Crippen LogP contribution in [-0.4, -0.2) is 0 Å². The maximum absolute atomic E-state index is 6.16. The molecule has 86 valence electrons. The Morgan fingerprint density at radius 1 is 1.27 bits per heavy atom. The summed E-state index contributed by atoms with van der Waals surface area (Å²) < 4.78 is 0. The second-order valence-corrected chi connectivity index (χ2v) is 6.80. The van der Waals surface area contributed by atoms with E-state index in [9.17, 15) is 0 Å². The SMILES string of the molecule is CC(C)CC(N)c1ccc(C(C)(C)C)s1. The Kier molecular flexibility index (Phi) is 3.96. The lowest BCUT2D eigenvalue weighted by molar-refractivity contribution is 0.515. The molecule has 0 aromatic carbocycles. The molecule has 1 atom stereocenters. The summed E-state index contributed by atoms with van der Waals surface area (Å²) in [5.41, 5.74) is 6.41. The molecule has 0 radical (unpaired) electrons. The van der Waals surface area contributed by atoms with E-state index in [2.05, 4.69) is 46.8 Å². The molecular formula is C13H23NS.